The average Bonchev–Trinajstić information content (AvgIpc) is 2.88. The molecule has 0 spiro atoms. The molecule has 3 nitrogen and oxygen atoms in total. The maximum atomic E-state index is 10.9. The Hall–Kier alpha value is -1.94. The number of aryl methyl sites for hydroxylation is 1. The van der Waals surface area contributed by atoms with Gasteiger partial charge in [0.1, 0.15) is 5.75 Å². The highest BCUT2D eigenvalue weighted by molar-refractivity contribution is 7.99. The molecule has 0 amide bonds. The van der Waals surface area contributed by atoms with Crippen LogP contribution < -0.4 is 0 Å². The summed E-state index contributed by atoms with van der Waals surface area (Å²) in [6.07, 6.45) is 1.84. The monoisotopic (exact) mass is 368 g/mol. The molecule has 4 heteroatoms. The van der Waals surface area contributed by atoms with Gasteiger partial charge in [0.2, 0.25) is 0 Å². The van der Waals surface area contributed by atoms with Crippen molar-refractivity contribution in [2.24, 2.45) is 7.05 Å². The summed E-state index contributed by atoms with van der Waals surface area (Å²) in [6, 6.07) is 10.6. The van der Waals surface area contributed by atoms with Crippen LogP contribution in [0.3, 0.4) is 0 Å². The minimum atomic E-state index is -0.118. The standard InChI is InChI=1S/C22H28N2OS/c1-21(2,3)16-10-15(11-17(20(16)25)22(4,5)6)26-14-8-9-18-19(12-14)24(7)13-23-18/h8-13,25H,1-7H3. The van der Waals surface area contributed by atoms with Crippen LogP contribution in [0.15, 0.2) is 46.5 Å². The molecule has 0 saturated heterocycles. The molecule has 3 rings (SSSR count). The number of benzene rings is 2. The second kappa shape index (κ2) is 6.34. The van der Waals surface area contributed by atoms with E-state index in [0.717, 1.165) is 27.1 Å². The molecule has 0 unspecified atom stereocenters. The molecule has 1 aromatic heterocycles. The molecule has 0 atom stereocenters. The molecule has 1 N–H and O–H groups in total. The van der Waals surface area contributed by atoms with Crippen molar-refractivity contribution in [2.75, 3.05) is 0 Å². The molecule has 26 heavy (non-hydrogen) atoms. The molecule has 0 aliphatic rings. The Morgan fingerprint density at radius 1 is 0.885 bits per heavy atom. The Balaban J connectivity index is 2.09. The summed E-state index contributed by atoms with van der Waals surface area (Å²) in [4.78, 5) is 6.72. The zero-order chi connectivity index (χ0) is 19.3. The Morgan fingerprint density at radius 3 is 2.00 bits per heavy atom. The van der Waals surface area contributed by atoms with E-state index in [-0.39, 0.29) is 10.8 Å². The second-order valence-electron chi connectivity index (χ2n) is 8.98. The number of aromatic nitrogens is 2. The number of rotatable bonds is 2. The minimum Gasteiger partial charge on any atom is -0.507 e. The van der Waals surface area contributed by atoms with Crippen LogP contribution in [0, 0.1) is 0 Å². The van der Waals surface area contributed by atoms with Gasteiger partial charge in [-0.25, -0.2) is 4.98 Å². The fourth-order valence-corrected chi connectivity index (χ4v) is 4.05. The first-order valence-corrected chi connectivity index (χ1v) is 9.75. The van der Waals surface area contributed by atoms with Crippen LogP contribution in [0.1, 0.15) is 52.7 Å². The summed E-state index contributed by atoms with van der Waals surface area (Å²) < 4.78 is 2.04. The molecule has 0 saturated carbocycles. The van der Waals surface area contributed by atoms with Gasteiger partial charge in [-0.2, -0.15) is 0 Å². The van der Waals surface area contributed by atoms with Gasteiger partial charge in [-0.05, 0) is 41.2 Å². The van der Waals surface area contributed by atoms with E-state index in [1.165, 1.54) is 4.90 Å². The molecule has 0 bridgehead atoms. The minimum absolute atomic E-state index is 0.118. The van der Waals surface area contributed by atoms with E-state index in [1.54, 1.807) is 11.8 Å². The maximum absolute atomic E-state index is 10.9. The Bertz CT molecular complexity index is 923. The van der Waals surface area contributed by atoms with Gasteiger partial charge in [0.05, 0.1) is 17.4 Å². The van der Waals surface area contributed by atoms with Gasteiger partial charge in [0.15, 0.2) is 0 Å². The van der Waals surface area contributed by atoms with E-state index in [1.807, 2.05) is 17.9 Å². The third-order valence-corrected chi connectivity index (χ3v) is 5.59. The number of imidazole rings is 1. The molecule has 0 aliphatic heterocycles. The van der Waals surface area contributed by atoms with Crippen LogP contribution in [0.5, 0.6) is 5.75 Å². The fraction of sp³-hybridized carbons (Fsp3) is 0.409. The van der Waals surface area contributed by atoms with Crippen molar-refractivity contribution in [1.82, 2.24) is 9.55 Å². The fourth-order valence-electron chi connectivity index (χ4n) is 3.12. The predicted octanol–water partition coefficient (Wildman–Crippen LogP) is 6.03. The van der Waals surface area contributed by atoms with Crippen molar-refractivity contribution >= 4 is 22.8 Å². The number of hydrogen-bond acceptors (Lipinski definition) is 3. The molecule has 0 fully saturated rings. The van der Waals surface area contributed by atoms with Crippen molar-refractivity contribution in [3.05, 3.63) is 47.8 Å². The van der Waals surface area contributed by atoms with Crippen molar-refractivity contribution in [3.63, 3.8) is 0 Å². The lowest BCUT2D eigenvalue weighted by atomic mass is 9.79. The Kier molecular flexibility index (Phi) is 4.60. The van der Waals surface area contributed by atoms with E-state index in [2.05, 4.69) is 76.9 Å². The first-order chi connectivity index (χ1) is 12.0. The summed E-state index contributed by atoms with van der Waals surface area (Å²) in [6.45, 7) is 12.9. The quantitative estimate of drug-likeness (QED) is 0.600. The van der Waals surface area contributed by atoms with Gasteiger partial charge >= 0.3 is 0 Å². The first kappa shape index (κ1) is 18.8. The van der Waals surface area contributed by atoms with Crippen LogP contribution in [-0.2, 0) is 17.9 Å². The van der Waals surface area contributed by atoms with Gasteiger partial charge in [0.25, 0.3) is 0 Å². The number of fused-ring (bicyclic) bond motifs is 1. The summed E-state index contributed by atoms with van der Waals surface area (Å²) in [7, 11) is 2.01. The van der Waals surface area contributed by atoms with Crippen LogP contribution in [0.25, 0.3) is 11.0 Å². The number of nitrogens with zero attached hydrogens (tertiary/aromatic N) is 2. The zero-order valence-electron chi connectivity index (χ0n) is 16.7. The van der Waals surface area contributed by atoms with E-state index >= 15 is 0 Å². The highest BCUT2D eigenvalue weighted by Gasteiger charge is 2.26. The molecule has 138 valence electrons. The Morgan fingerprint density at radius 2 is 1.46 bits per heavy atom. The highest BCUT2D eigenvalue weighted by Crippen LogP contribution is 2.43. The third-order valence-electron chi connectivity index (χ3n) is 4.63. The van der Waals surface area contributed by atoms with Crippen LogP contribution in [-0.4, -0.2) is 14.7 Å². The maximum Gasteiger partial charge on any atom is 0.123 e. The van der Waals surface area contributed by atoms with Gasteiger partial charge in [-0.1, -0.05) is 53.3 Å². The normalized spacial score (nSPS) is 12.7. The lowest BCUT2D eigenvalue weighted by Gasteiger charge is -2.28. The molecule has 0 aliphatic carbocycles. The summed E-state index contributed by atoms with van der Waals surface area (Å²) in [5, 5.41) is 10.9. The zero-order valence-corrected chi connectivity index (χ0v) is 17.5. The van der Waals surface area contributed by atoms with Crippen LogP contribution in [0.4, 0.5) is 0 Å². The van der Waals surface area contributed by atoms with Crippen LogP contribution in [0.2, 0.25) is 0 Å². The van der Waals surface area contributed by atoms with E-state index in [9.17, 15) is 5.11 Å². The van der Waals surface area contributed by atoms with Gasteiger partial charge in [-0.3, -0.25) is 0 Å². The number of hydrogen-bond donors (Lipinski definition) is 1. The van der Waals surface area contributed by atoms with Crippen molar-refractivity contribution in [3.8, 4) is 5.75 Å². The SMILES string of the molecule is Cn1cnc2ccc(Sc3cc(C(C)(C)C)c(O)c(C(C)(C)C)c3)cc21. The lowest BCUT2D eigenvalue weighted by molar-refractivity contribution is 0.422. The smallest absolute Gasteiger partial charge is 0.123 e. The van der Waals surface area contributed by atoms with Gasteiger partial charge < -0.3 is 9.67 Å². The molecule has 3 aromatic rings. The van der Waals surface area contributed by atoms with Gasteiger partial charge in [-0.15, -0.1) is 0 Å². The van der Waals surface area contributed by atoms with Crippen molar-refractivity contribution in [2.45, 2.75) is 62.2 Å². The average molecular weight is 369 g/mol. The van der Waals surface area contributed by atoms with E-state index < -0.39 is 0 Å². The second-order valence-corrected chi connectivity index (χ2v) is 10.1. The molecule has 2 aromatic carbocycles. The summed E-state index contributed by atoms with van der Waals surface area (Å²) in [5.74, 6) is 0.427. The lowest BCUT2D eigenvalue weighted by Crippen LogP contribution is -2.17. The van der Waals surface area contributed by atoms with Gasteiger partial charge in [0, 0.05) is 28.0 Å². The number of phenols is 1. The number of aromatic hydroxyl groups is 1. The molecule has 0 radical (unpaired) electrons. The summed E-state index contributed by atoms with van der Waals surface area (Å²) >= 11 is 1.73. The topological polar surface area (TPSA) is 38.0 Å². The van der Waals surface area contributed by atoms with Crippen molar-refractivity contribution < 1.29 is 5.11 Å². The molecular formula is C22H28N2OS. The summed E-state index contributed by atoms with van der Waals surface area (Å²) in [5.41, 5.74) is 3.89. The Labute approximate surface area is 160 Å². The molecule has 1 heterocycles. The molecular weight excluding hydrogens is 340 g/mol. The highest BCUT2D eigenvalue weighted by atomic mass is 32.2. The van der Waals surface area contributed by atoms with Crippen LogP contribution >= 0.6 is 11.8 Å². The number of phenolic OH excluding ortho intramolecular Hbond substituents is 1. The predicted molar refractivity (Wildman–Crippen MR) is 110 cm³/mol. The third kappa shape index (κ3) is 3.61. The van der Waals surface area contributed by atoms with Crippen molar-refractivity contribution in [1.29, 1.82) is 0 Å². The first-order valence-electron chi connectivity index (χ1n) is 8.94. The largest absolute Gasteiger partial charge is 0.507 e. The van der Waals surface area contributed by atoms with E-state index in [0.29, 0.717) is 5.75 Å². The van der Waals surface area contributed by atoms with E-state index in [4.69, 9.17) is 0 Å².